The molecule has 1 N–H and O–H groups in total. The van der Waals surface area contributed by atoms with Gasteiger partial charge in [-0.3, -0.25) is 0 Å². The fourth-order valence-electron chi connectivity index (χ4n) is 2.96. The predicted octanol–water partition coefficient (Wildman–Crippen LogP) is 3.74. The average Bonchev–Trinajstić information content (AvgIpc) is 2.65. The Balaban J connectivity index is 2.70. The van der Waals surface area contributed by atoms with Crippen molar-refractivity contribution in [2.75, 3.05) is 19.0 Å². The van der Waals surface area contributed by atoms with Crippen LogP contribution < -0.4 is 4.72 Å². The van der Waals surface area contributed by atoms with Crippen LogP contribution in [0.2, 0.25) is 0 Å². The Labute approximate surface area is 182 Å². The number of nitrogens with zero attached hydrogens (tertiary/aromatic N) is 3. The highest BCUT2D eigenvalue weighted by molar-refractivity contribution is 9.10. The molecule has 11 heteroatoms. The molecule has 0 saturated carbocycles. The van der Waals surface area contributed by atoms with Gasteiger partial charge in [0.05, 0.1) is 21.6 Å². The third kappa shape index (κ3) is 4.93. The van der Waals surface area contributed by atoms with Gasteiger partial charge in [-0.25, -0.2) is 22.3 Å². The summed E-state index contributed by atoms with van der Waals surface area (Å²) >= 11 is 1.31. The first-order valence-corrected chi connectivity index (χ1v) is 12.6. The van der Waals surface area contributed by atoms with Crippen LogP contribution in [-0.4, -0.2) is 42.2 Å². The van der Waals surface area contributed by atoms with Gasteiger partial charge in [0, 0.05) is 17.9 Å². The van der Waals surface area contributed by atoms with Crippen LogP contribution in [0.3, 0.4) is 0 Å². The average molecular weight is 511 g/mol. The van der Waals surface area contributed by atoms with E-state index in [0.717, 1.165) is 6.07 Å². The van der Waals surface area contributed by atoms with Crippen molar-refractivity contribution in [1.29, 1.82) is 5.26 Å². The molecule has 0 spiro atoms. The second-order valence-corrected chi connectivity index (χ2v) is 13.8. The van der Waals surface area contributed by atoms with E-state index >= 15 is 0 Å². The van der Waals surface area contributed by atoms with Crippen LogP contribution in [0, 0.1) is 17.1 Å². The van der Waals surface area contributed by atoms with Crippen LogP contribution in [0.15, 0.2) is 21.1 Å². The molecule has 1 aliphatic heterocycles. The topological polar surface area (TPSA) is 101 Å². The van der Waals surface area contributed by atoms with Crippen molar-refractivity contribution in [3.8, 4) is 6.07 Å². The summed E-state index contributed by atoms with van der Waals surface area (Å²) in [6.07, 6.45) is 0.902. The number of halogens is 3. The van der Waals surface area contributed by atoms with Crippen LogP contribution in [0.4, 0.5) is 8.78 Å². The normalized spacial score (nSPS) is 28.1. The summed E-state index contributed by atoms with van der Waals surface area (Å²) in [5.41, 5.74) is -2.34. The van der Waals surface area contributed by atoms with Gasteiger partial charge in [0.25, 0.3) is 0 Å². The summed E-state index contributed by atoms with van der Waals surface area (Å²) in [5, 5.41) is 9.68. The van der Waals surface area contributed by atoms with E-state index in [1.807, 2.05) is 0 Å². The number of alkyl halides is 1. The quantitative estimate of drug-likeness (QED) is 0.463. The maximum Gasteiger partial charge on any atom is 0.149 e. The molecule has 1 aromatic heterocycles. The summed E-state index contributed by atoms with van der Waals surface area (Å²) in [6.45, 7) is 5.57. The van der Waals surface area contributed by atoms with Gasteiger partial charge < -0.3 is 4.55 Å². The SMILES string of the molecule is CC(C)(C)[S@@+]([O-])N[C@@](CF)(C[S@@]1(=O)=NCCC[C@@]1(C)C#N)c1nc(Br)ccc1F. The van der Waals surface area contributed by atoms with Crippen molar-refractivity contribution in [2.24, 2.45) is 4.36 Å². The van der Waals surface area contributed by atoms with Crippen LogP contribution in [0.25, 0.3) is 0 Å². The van der Waals surface area contributed by atoms with E-state index in [1.165, 1.54) is 13.0 Å². The van der Waals surface area contributed by atoms with E-state index in [9.17, 15) is 22.8 Å². The van der Waals surface area contributed by atoms with E-state index in [0.29, 0.717) is 12.8 Å². The zero-order chi connectivity index (χ0) is 22.1. The van der Waals surface area contributed by atoms with Gasteiger partial charge in [0.2, 0.25) is 0 Å². The summed E-state index contributed by atoms with van der Waals surface area (Å²) in [5.74, 6) is -1.36. The third-order valence-electron chi connectivity index (χ3n) is 4.83. The lowest BCUT2D eigenvalue weighted by atomic mass is 9.99. The molecule has 0 aliphatic carbocycles. The molecule has 1 aromatic rings. The molecule has 0 bridgehead atoms. The van der Waals surface area contributed by atoms with Gasteiger partial charge in [-0.2, -0.15) is 5.26 Å². The molecule has 0 aromatic carbocycles. The van der Waals surface area contributed by atoms with Crippen molar-refractivity contribution >= 4 is 37.0 Å². The van der Waals surface area contributed by atoms with Crippen molar-refractivity contribution in [2.45, 2.75) is 55.6 Å². The molecule has 4 atom stereocenters. The number of aromatic nitrogens is 1. The first kappa shape index (κ1) is 24.5. The molecule has 2 rings (SSSR count). The monoisotopic (exact) mass is 510 g/mol. The molecule has 0 radical (unpaired) electrons. The Bertz CT molecular complexity index is 927. The molecule has 0 unspecified atom stereocenters. The molecule has 6 nitrogen and oxygen atoms in total. The van der Waals surface area contributed by atoms with Gasteiger partial charge in [0.15, 0.2) is 0 Å². The predicted molar refractivity (Wildman–Crippen MR) is 114 cm³/mol. The number of pyridine rings is 1. The molecule has 0 saturated heterocycles. The maximum absolute atomic E-state index is 14.8. The lowest BCUT2D eigenvalue weighted by Crippen LogP contribution is -2.58. The lowest BCUT2D eigenvalue weighted by molar-refractivity contribution is 0.292. The van der Waals surface area contributed by atoms with Crippen molar-refractivity contribution in [1.82, 2.24) is 9.71 Å². The largest absolute Gasteiger partial charge is 0.598 e. The van der Waals surface area contributed by atoms with Crippen LogP contribution in [-0.2, 0) is 26.6 Å². The highest BCUT2D eigenvalue weighted by atomic mass is 79.9. The number of nitriles is 1. The van der Waals surface area contributed by atoms with Crippen molar-refractivity contribution in [3.05, 3.63) is 28.2 Å². The molecule has 2 heterocycles. The van der Waals surface area contributed by atoms with Crippen LogP contribution >= 0.6 is 15.9 Å². The van der Waals surface area contributed by atoms with Crippen molar-refractivity contribution < 1.29 is 17.5 Å². The summed E-state index contributed by atoms with van der Waals surface area (Å²) in [6, 6.07) is 4.52. The van der Waals surface area contributed by atoms with Gasteiger partial charge in [-0.1, -0.05) is 0 Å². The van der Waals surface area contributed by atoms with E-state index < -0.39 is 54.4 Å². The standard InChI is InChI=1S/C18H25BrF2N4O2S2/c1-16(2,3)28(26)25-18(10-20,15-13(21)6-7-14(19)24-15)12-29(27)17(4,11-22)8-5-9-23-29/h6-7,25H,5,8-10,12H2,1-4H3/t17-,18-,28+,29-/m0/s1. The highest BCUT2D eigenvalue weighted by Gasteiger charge is 2.51. The molecule has 162 valence electrons. The Morgan fingerprint density at radius 3 is 2.69 bits per heavy atom. The van der Waals surface area contributed by atoms with Gasteiger partial charge in [-0.05, 0) is 68.6 Å². The van der Waals surface area contributed by atoms with Crippen LogP contribution in [0.5, 0.6) is 0 Å². The van der Waals surface area contributed by atoms with E-state index in [2.05, 4.69) is 36.1 Å². The zero-order valence-electron chi connectivity index (χ0n) is 16.8. The van der Waals surface area contributed by atoms with Gasteiger partial charge in [0.1, 0.15) is 37.8 Å². The second kappa shape index (κ2) is 8.75. The minimum Gasteiger partial charge on any atom is -0.598 e. The number of nitrogens with one attached hydrogen (secondary N) is 1. The summed E-state index contributed by atoms with van der Waals surface area (Å²) < 4.78 is 61.1. The highest BCUT2D eigenvalue weighted by Crippen LogP contribution is 2.37. The number of hydrogen-bond donors (Lipinski definition) is 1. The van der Waals surface area contributed by atoms with Crippen molar-refractivity contribution in [3.63, 3.8) is 0 Å². The maximum atomic E-state index is 14.8. The minimum absolute atomic E-state index is 0.244. The van der Waals surface area contributed by atoms with E-state index in [-0.39, 0.29) is 16.8 Å². The van der Waals surface area contributed by atoms with Crippen LogP contribution in [0.1, 0.15) is 46.2 Å². The third-order valence-corrected chi connectivity index (χ3v) is 10.1. The Morgan fingerprint density at radius 2 is 2.14 bits per heavy atom. The molecular formula is C18H25BrF2N4O2S2. The molecule has 1 aliphatic rings. The molecule has 0 amide bonds. The minimum atomic E-state index is -3.31. The van der Waals surface area contributed by atoms with Gasteiger partial charge in [-0.15, -0.1) is 4.72 Å². The smallest absolute Gasteiger partial charge is 0.149 e. The lowest BCUT2D eigenvalue weighted by Gasteiger charge is -2.39. The Morgan fingerprint density at radius 1 is 1.48 bits per heavy atom. The fraction of sp³-hybridized carbons (Fsp3) is 0.667. The first-order chi connectivity index (χ1) is 13.3. The second-order valence-electron chi connectivity index (χ2n) is 8.25. The molecular weight excluding hydrogens is 486 g/mol. The molecule has 0 fully saturated rings. The molecule has 29 heavy (non-hydrogen) atoms. The summed E-state index contributed by atoms with van der Waals surface area (Å²) in [7, 11) is -3.31. The number of hydrogen-bond acceptors (Lipinski definition) is 6. The fourth-order valence-corrected chi connectivity index (χ4v) is 6.92. The van der Waals surface area contributed by atoms with E-state index in [1.54, 1.807) is 20.8 Å². The Kier molecular flexibility index (Phi) is 7.38. The Hall–Kier alpha value is -0.800. The first-order valence-electron chi connectivity index (χ1n) is 9.02. The van der Waals surface area contributed by atoms with Gasteiger partial charge >= 0.3 is 0 Å². The summed E-state index contributed by atoms with van der Waals surface area (Å²) in [4.78, 5) is 4.08. The van der Waals surface area contributed by atoms with E-state index in [4.69, 9.17) is 0 Å². The number of rotatable bonds is 6. The zero-order valence-corrected chi connectivity index (χ0v) is 20.0.